The zero-order valence-corrected chi connectivity index (χ0v) is 15.5. The molecule has 116 valence electrons. The van der Waals surface area contributed by atoms with Crippen molar-refractivity contribution in [3.05, 3.63) is 39.5 Å². The molecular weight excluding hydrogens is 344 g/mol. The molecule has 5 nitrogen and oxygen atoms in total. The van der Waals surface area contributed by atoms with E-state index < -0.39 is 21.8 Å². The van der Waals surface area contributed by atoms with E-state index in [2.05, 4.69) is 4.72 Å². The Morgan fingerprint density at radius 2 is 1.95 bits per heavy atom. The van der Waals surface area contributed by atoms with Crippen molar-refractivity contribution in [2.45, 2.75) is 25.7 Å². The predicted octanol–water partition coefficient (Wildman–Crippen LogP) is 0.250. The van der Waals surface area contributed by atoms with Crippen LogP contribution in [0, 0.1) is 5.82 Å². The summed E-state index contributed by atoms with van der Waals surface area (Å²) in [4.78, 5) is 10.9. The molecule has 22 heavy (non-hydrogen) atoms. The number of halogens is 2. The Morgan fingerprint density at radius 3 is 2.55 bits per heavy atom. The largest absolute Gasteiger partial charge is 1.00 e. The standard InChI is InChI=1S/C13H13ClFNO4S.Na.H/c14-8-5-6-11(10(15)7-8)16-21(19,20)12-4-2-1-3-9(12)13(17)18;;/h5-7,16H,1-4H2,(H,17,18);;/q;+1;-1. The third kappa shape index (κ3) is 4.45. The Bertz CT molecular complexity index is 727. The molecule has 0 unspecified atom stereocenters. The molecule has 1 aliphatic rings. The zero-order chi connectivity index (χ0) is 15.6. The summed E-state index contributed by atoms with van der Waals surface area (Å²) in [7, 11) is -4.10. The molecular formula is C13H14ClFNNaO4S. The third-order valence-corrected chi connectivity index (χ3v) is 5.00. The van der Waals surface area contributed by atoms with Gasteiger partial charge in [0, 0.05) is 5.02 Å². The number of rotatable bonds is 4. The number of benzene rings is 1. The van der Waals surface area contributed by atoms with E-state index in [9.17, 15) is 17.6 Å². The Balaban J connectivity index is 0.00000242. The molecule has 0 amide bonds. The van der Waals surface area contributed by atoms with Crippen molar-refractivity contribution in [1.82, 2.24) is 0 Å². The molecule has 0 aliphatic heterocycles. The van der Waals surface area contributed by atoms with Gasteiger partial charge in [-0.25, -0.2) is 17.6 Å². The van der Waals surface area contributed by atoms with E-state index in [1.165, 1.54) is 12.1 Å². The normalized spacial score (nSPS) is 15.2. The smallest absolute Gasteiger partial charge is 1.00 e. The number of carboxylic acids is 1. The second-order valence-electron chi connectivity index (χ2n) is 4.64. The van der Waals surface area contributed by atoms with Gasteiger partial charge in [-0.2, -0.15) is 0 Å². The van der Waals surface area contributed by atoms with Crippen molar-refractivity contribution in [1.29, 1.82) is 0 Å². The van der Waals surface area contributed by atoms with E-state index in [4.69, 9.17) is 16.7 Å². The van der Waals surface area contributed by atoms with Crippen LogP contribution in [0.1, 0.15) is 27.1 Å². The summed E-state index contributed by atoms with van der Waals surface area (Å²) in [5.41, 5.74) is -0.398. The topological polar surface area (TPSA) is 83.5 Å². The van der Waals surface area contributed by atoms with Gasteiger partial charge in [0.2, 0.25) is 0 Å². The van der Waals surface area contributed by atoms with Crippen LogP contribution < -0.4 is 34.3 Å². The van der Waals surface area contributed by atoms with Crippen LogP contribution in [0.25, 0.3) is 0 Å². The fourth-order valence-electron chi connectivity index (χ4n) is 2.18. The van der Waals surface area contributed by atoms with Gasteiger partial charge in [0.15, 0.2) is 0 Å². The maximum atomic E-state index is 13.7. The van der Waals surface area contributed by atoms with Crippen LogP contribution in [0.15, 0.2) is 28.7 Å². The predicted molar refractivity (Wildman–Crippen MR) is 78.2 cm³/mol. The van der Waals surface area contributed by atoms with E-state index in [0.29, 0.717) is 12.8 Å². The van der Waals surface area contributed by atoms with Crippen molar-refractivity contribution in [3.63, 3.8) is 0 Å². The molecule has 1 aromatic carbocycles. The monoisotopic (exact) mass is 357 g/mol. The van der Waals surface area contributed by atoms with Crippen LogP contribution in [0.2, 0.25) is 5.02 Å². The first-order chi connectivity index (χ1) is 9.81. The molecule has 0 fully saturated rings. The number of aliphatic carboxylic acids is 1. The van der Waals surface area contributed by atoms with E-state index in [1.807, 2.05) is 0 Å². The first-order valence-electron chi connectivity index (χ1n) is 6.24. The molecule has 1 aromatic rings. The van der Waals surface area contributed by atoms with Crippen LogP contribution in [-0.4, -0.2) is 19.5 Å². The SMILES string of the molecule is O=C(O)C1=C(S(=O)(=O)Nc2ccc(Cl)cc2F)CCCC1.[H-].[Na+]. The molecule has 0 heterocycles. The Labute approximate surface area is 156 Å². The Kier molecular flexibility index (Phi) is 6.88. The van der Waals surface area contributed by atoms with Crippen LogP contribution in [-0.2, 0) is 14.8 Å². The summed E-state index contributed by atoms with van der Waals surface area (Å²) >= 11 is 5.60. The van der Waals surface area contributed by atoms with Gasteiger partial charge in [-0.05, 0) is 43.9 Å². The van der Waals surface area contributed by atoms with E-state index >= 15 is 0 Å². The summed E-state index contributed by atoms with van der Waals surface area (Å²) in [5, 5.41) is 9.22. The fraction of sp³-hybridized carbons (Fsp3) is 0.308. The van der Waals surface area contributed by atoms with Crippen molar-refractivity contribution in [2.24, 2.45) is 0 Å². The number of hydrogen-bond acceptors (Lipinski definition) is 3. The Hall–Kier alpha value is -0.600. The van der Waals surface area contributed by atoms with Crippen LogP contribution in [0.5, 0.6) is 0 Å². The number of nitrogens with one attached hydrogen (secondary N) is 1. The van der Waals surface area contributed by atoms with Crippen molar-refractivity contribution >= 4 is 33.3 Å². The average molecular weight is 358 g/mol. The molecule has 0 radical (unpaired) electrons. The number of anilines is 1. The summed E-state index contributed by atoms with van der Waals surface area (Å²) < 4.78 is 40.3. The van der Waals surface area contributed by atoms with Gasteiger partial charge < -0.3 is 6.53 Å². The van der Waals surface area contributed by atoms with E-state index in [-0.39, 0.29) is 65.0 Å². The van der Waals surface area contributed by atoms with Crippen LogP contribution >= 0.6 is 11.6 Å². The van der Waals surface area contributed by atoms with Crippen molar-refractivity contribution in [2.75, 3.05) is 4.72 Å². The first-order valence-corrected chi connectivity index (χ1v) is 8.10. The minimum Gasteiger partial charge on any atom is -1.00 e. The molecule has 0 saturated heterocycles. The fourth-order valence-corrected chi connectivity index (χ4v) is 3.84. The van der Waals surface area contributed by atoms with Crippen LogP contribution in [0.4, 0.5) is 10.1 Å². The van der Waals surface area contributed by atoms with Crippen LogP contribution in [0.3, 0.4) is 0 Å². The second kappa shape index (κ2) is 7.79. The summed E-state index contributed by atoms with van der Waals surface area (Å²) in [5.74, 6) is -2.08. The van der Waals surface area contributed by atoms with Gasteiger partial charge in [0.25, 0.3) is 10.0 Å². The van der Waals surface area contributed by atoms with Gasteiger partial charge in [-0.15, -0.1) is 0 Å². The average Bonchev–Trinajstić information content (AvgIpc) is 2.42. The molecule has 2 rings (SSSR count). The summed E-state index contributed by atoms with van der Waals surface area (Å²) in [6, 6.07) is 3.52. The molecule has 2 N–H and O–H groups in total. The quantitative estimate of drug-likeness (QED) is 0.757. The number of allylic oxidation sites excluding steroid dienone is 1. The first kappa shape index (κ1) is 19.4. The number of carbonyl (C=O) groups is 1. The van der Waals surface area contributed by atoms with Crippen molar-refractivity contribution in [3.8, 4) is 0 Å². The number of hydrogen-bond donors (Lipinski definition) is 2. The Morgan fingerprint density at radius 1 is 1.32 bits per heavy atom. The number of carboxylic acid groups (broad SMARTS) is 1. The van der Waals surface area contributed by atoms with Gasteiger partial charge in [-0.1, -0.05) is 11.6 Å². The van der Waals surface area contributed by atoms with Gasteiger partial charge in [0.1, 0.15) is 5.82 Å². The minimum atomic E-state index is -4.10. The molecule has 0 spiro atoms. The summed E-state index contributed by atoms with van der Waals surface area (Å²) in [6.07, 6.45) is 1.52. The van der Waals surface area contributed by atoms with E-state index in [0.717, 1.165) is 6.07 Å². The van der Waals surface area contributed by atoms with E-state index in [1.54, 1.807) is 0 Å². The van der Waals surface area contributed by atoms with Gasteiger partial charge >= 0.3 is 35.5 Å². The summed E-state index contributed by atoms with van der Waals surface area (Å²) in [6.45, 7) is 0. The molecule has 0 bridgehead atoms. The van der Waals surface area contributed by atoms with Crippen molar-refractivity contribution < 1.29 is 53.7 Å². The number of sulfonamides is 1. The maximum absolute atomic E-state index is 13.7. The molecule has 0 atom stereocenters. The third-order valence-electron chi connectivity index (χ3n) is 3.18. The molecule has 0 aromatic heterocycles. The minimum absolute atomic E-state index is 0. The molecule has 0 saturated carbocycles. The maximum Gasteiger partial charge on any atom is 1.00 e. The molecule has 9 heteroatoms. The second-order valence-corrected chi connectivity index (χ2v) is 6.78. The molecule has 1 aliphatic carbocycles. The van der Waals surface area contributed by atoms with Gasteiger partial charge in [-0.3, -0.25) is 4.72 Å². The van der Waals surface area contributed by atoms with Gasteiger partial charge in [0.05, 0.1) is 16.2 Å². The zero-order valence-electron chi connectivity index (χ0n) is 12.9.